The molecule has 0 amide bonds. The summed E-state index contributed by atoms with van der Waals surface area (Å²) in [6, 6.07) is 0. The molecular formula is C5H5Sb. The van der Waals surface area contributed by atoms with Gasteiger partial charge in [0.2, 0.25) is 0 Å². The third kappa shape index (κ3) is 0.878. The van der Waals surface area contributed by atoms with Gasteiger partial charge in [0.05, 0.1) is 0 Å². The molecule has 0 unspecified atom stereocenters. The van der Waals surface area contributed by atoms with Gasteiger partial charge in [0, 0.05) is 0 Å². The molecule has 0 spiro atoms. The zero-order valence-corrected chi connectivity index (χ0v) is 5.89. The Morgan fingerprint density at radius 2 is 1.67 bits per heavy atom. The third-order valence-electron chi connectivity index (χ3n) is 0.728. The molecule has 1 aliphatic carbocycles. The van der Waals surface area contributed by atoms with Gasteiger partial charge in [-0.05, 0) is 0 Å². The summed E-state index contributed by atoms with van der Waals surface area (Å²) in [6.45, 7) is 0. The van der Waals surface area contributed by atoms with Crippen LogP contribution in [0, 0.1) is 0 Å². The van der Waals surface area contributed by atoms with Gasteiger partial charge in [-0.25, -0.2) is 0 Å². The van der Waals surface area contributed by atoms with E-state index in [1.807, 2.05) is 23.0 Å². The van der Waals surface area contributed by atoms with E-state index in [0.717, 1.165) is 3.86 Å². The van der Waals surface area contributed by atoms with E-state index in [9.17, 15) is 0 Å². The predicted octanol–water partition coefficient (Wildman–Crippen LogP) is 1.07. The molecule has 0 aromatic heterocycles. The van der Waals surface area contributed by atoms with E-state index < -0.39 is 0 Å². The molecule has 0 saturated heterocycles. The molecule has 0 heterocycles. The van der Waals surface area contributed by atoms with Crippen LogP contribution in [-0.4, -0.2) is 23.0 Å². The summed E-state index contributed by atoms with van der Waals surface area (Å²) in [5.41, 5.74) is 0. The fourth-order valence-corrected chi connectivity index (χ4v) is 0.987. The van der Waals surface area contributed by atoms with Crippen molar-refractivity contribution in [3.8, 4) is 0 Å². The summed E-state index contributed by atoms with van der Waals surface area (Å²) >= 11 is 1.85. The predicted molar refractivity (Wildman–Crippen MR) is 27.8 cm³/mol. The second kappa shape index (κ2) is 1.84. The topological polar surface area (TPSA) is 0 Å². The van der Waals surface area contributed by atoms with Crippen LogP contribution in [0.4, 0.5) is 0 Å². The summed E-state index contributed by atoms with van der Waals surface area (Å²) in [6.07, 6.45) is 8.55. The van der Waals surface area contributed by atoms with Gasteiger partial charge in [0.25, 0.3) is 0 Å². The Bertz CT molecular complexity index is 80.1. The van der Waals surface area contributed by atoms with Crippen molar-refractivity contribution in [2.75, 3.05) is 0 Å². The normalized spacial score (nSPS) is 20.2. The molecule has 1 heteroatoms. The van der Waals surface area contributed by atoms with E-state index in [2.05, 4.69) is 24.3 Å². The Balaban J connectivity index is 2.60. The monoisotopic (exact) mass is 186 g/mol. The first kappa shape index (κ1) is 4.46. The van der Waals surface area contributed by atoms with E-state index in [4.69, 9.17) is 0 Å². The molecule has 2 radical (unpaired) electrons. The van der Waals surface area contributed by atoms with Crippen molar-refractivity contribution >= 4 is 23.0 Å². The first-order chi connectivity index (χ1) is 2.89. The molecule has 0 fully saturated rings. The number of hydrogen-bond donors (Lipinski definition) is 0. The van der Waals surface area contributed by atoms with Crippen molar-refractivity contribution in [1.29, 1.82) is 0 Å². The van der Waals surface area contributed by atoms with Gasteiger partial charge in [-0.1, -0.05) is 0 Å². The Morgan fingerprint density at radius 1 is 1.17 bits per heavy atom. The molecule has 0 bridgehead atoms. The first-order valence-corrected chi connectivity index (χ1v) is 3.40. The Morgan fingerprint density at radius 3 is 1.83 bits per heavy atom. The quantitative estimate of drug-likeness (QED) is 0.497. The Hall–Kier alpha value is 0.298. The fourth-order valence-electron chi connectivity index (χ4n) is 0.420. The second-order valence-electron chi connectivity index (χ2n) is 1.26. The summed E-state index contributed by atoms with van der Waals surface area (Å²) in [5.74, 6) is 0. The van der Waals surface area contributed by atoms with Gasteiger partial charge < -0.3 is 0 Å². The molecule has 1 rings (SSSR count). The zero-order chi connectivity index (χ0) is 4.41. The van der Waals surface area contributed by atoms with Crippen molar-refractivity contribution in [3.63, 3.8) is 0 Å². The van der Waals surface area contributed by atoms with Crippen molar-refractivity contribution < 1.29 is 0 Å². The summed E-state index contributed by atoms with van der Waals surface area (Å²) in [5, 5.41) is 0. The van der Waals surface area contributed by atoms with Crippen LogP contribution in [0.5, 0.6) is 0 Å². The van der Waals surface area contributed by atoms with Crippen molar-refractivity contribution in [3.05, 3.63) is 24.3 Å². The molecular weight excluding hydrogens is 182 g/mol. The van der Waals surface area contributed by atoms with E-state index in [0.29, 0.717) is 0 Å². The summed E-state index contributed by atoms with van der Waals surface area (Å²) in [4.78, 5) is 0. The van der Waals surface area contributed by atoms with Gasteiger partial charge in [0.1, 0.15) is 0 Å². The standard InChI is InChI=1S/C5H5.Sb/c1-2-4-5-3-1;/h1-5H;. The van der Waals surface area contributed by atoms with Gasteiger partial charge in [-0.15, -0.1) is 0 Å². The molecule has 0 nitrogen and oxygen atoms in total. The van der Waals surface area contributed by atoms with Crippen molar-refractivity contribution in [2.24, 2.45) is 0 Å². The minimum absolute atomic E-state index is 0.735. The Labute approximate surface area is 51.4 Å². The van der Waals surface area contributed by atoms with Gasteiger partial charge in [-0.2, -0.15) is 0 Å². The van der Waals surface area contributed by atoms with Crippen LogP contribution in [-0.2, 0) is 0 Å². The average Bonchev–Trinajstić information content (AvgIpc) is 1.86. The third-order valence-corrected chi connectivity index (χ3v) is 1.71. The Kier molecular flexibility index (Phi) is 1.37. The van der Waals surface area contributed by atoms with Crippen LogP contribution in [0.1, 0.15) is 0 Å². The number of allylic oxidation sites excluding steroid dienone is 4. The van der Waals surface area contributed by atoms with Gasteiger partial charge in [0.15, 0.2) is 0 Å². The molecule has 0 saturated carbocycles. The van der Waals surface area contributed by atoms with E-state index in [-0.39, 0.29) is 0 Å². The molecule has 0 N–H and O–H groups in total. The van der Waals surface area contributed by atoms with Crippen LogP contribution in [0.25, 0.3) is 0 Å². The van der Waals surface area contributed by atoms with E-state index in [1.165, 1.54) is 0 Å². The molecule has 1 aliphatic rings. The second-order valence-corrected chi connectivity index (χ2v) is 2.96. The number of hydrogen-bond acceptors (Lipinski definition) is 0. The van der Waals surface area contributed by atoms with Crippen LogP contribution < -0.4 is 0 Å². The average molecular weight is 187 g/mol. The van der Waals surface area contributed by atoms with Crippen LogP contribution in [0.2, 0.25) is 3.86 Å². The first-order valence-electron chi connectivity index (χ1n) is 1.92. The summed E-state index contributed by atoms with van der Waals surface area (Å²) in [7, 11) is 0. The SMILES string of the molecule is [Sb][CH]1C=CC=C1. The van der Waals surface area contributed by atoms with Crippen LogP contribution in [0.15, 0.2) is 24.3 Å². The minimum atomic E-state index is 0.735. The molecule has 30 valence electrons. The van der Waals surface area contributed by atoms with E-state index in [1.54, 1.807) is 0 Å². The van der Waals surface area contributed by atoms with Gasteiger partial charge >= 0.3 is 51.2 Å². The molecule has 0 aromatic rings. The molecule has 6 heavy (non-hydrogen) atoms. The van der Waals surface area contributed by atoms with Crippen LogP contribution >= 0.6 is 0 Å². The molecule has 0 aromatic carbocycles. The van der Waals surface area contributed by atoms with Crippen LogP contribution in [0.3, 0.4) is 0 Å². The van der Waals surface area contributed by atoms with Gasteiger partial charge in [-0.3, -0.25) is 0 Å². The zero-order valence-electron chi connectivity index (χ0n) is 3.33. The maximum absolute atomic E-state index is 2.19. The fraction of sp³-hybridized carbons (Fsp3) is 0.200. The summed E-state index contributed by atoms with van der Waals surface area (Å²) < 4.78 is 0.735. The number of rotatable bonds is 0. The molecule has 0 aliphatic heterocycles. The van der Waals surface area contributed by atoms with Crippen molar-refractivity contribution in [1.82, 2.24) is 0 Å². The maximum atomic E-state index is 2.19. The van der Waals surface area contributed by atoms with Crippen molar-refractivity contribution in [2.45, 2.75) is 3.86 Å². The van der Waals surface area contributed by atoms with E-state index >= 15 is 0 Å². The molecule has 0 atom stereocenters.